The molecule has 28 heavy (non-hydrogen) atoms. The topological polar surface area (TPSA) is 63.7 Å². The summed E-state index contributed by atoms with van der Waals surface area (Å²) in [7, 11) is 3.23. The third-order valence-electron chi connectivity index (χ3n) is 4.78. The number of anilines is 2. The van der Waals surface area contributed by atoms with E-state index in [1.54, 1.807) is 37.4 Å². The predicted octanol–water partition coefficient (Wildman–Crippen LogP) is 4.18. The lowest BCUT2D eigenvalue weighted by Crippen LogP contribution is -2.32. The van der Waals surface area contributed by atoms with Crippen LogP contribution < -0.4 is 19.7 Å². The number of benzene rings is 2. The van der Waals surface area contributed by atoms with Crippen molar-refractivity contribution in [1.29, 1.82) is 0 Å². The number of pyridine rings is 1. The monoisotopic (exact) mass is 375 g/mol. The first kappa shape index (κ1) is 17.9. The molecule has 0 radical (unpaired) electrons. The van der Waals surface area contributed by atoms with E-state index < -0.39 is 6.17 Å². The van der Waals surface area contributed by atoms with Crippen molar-refractivity contribution in [1.82, 2.24) is 4.98 Å². The van der Waals surface area contributed by atoms with Gasteiger partial charge in [-0.05, 0) is 48.9 Å². The number of hydrogen-bond donors (Lipinski definition) is 1. The first-order valence-corrected chi connectivity index (χ1v) is 8.96. The molecule has 3 aromatic rings. The maximum absolute atomic E-state index is 13.2. The summed E-state index contributed by atoms with van der Waals surface area (Å²) in [5.41, 5.74) is 3.87. The van der Waals surface area contributed by atoms with Gasteiger partial charge in [-0.25, -0.2) is 0 Å². The van der Waals surface area contributed by atoms with Crippen LogP contribution in [0.15, 0.2) is 60.8 Å². The molecule has 0 spiro atoms. The molecule has 0 saturated heterocycles. The standard InChI is InChI=1S/C22H21N3O3/c1-14-9-10-19(28-3)18(12-14)24-21-20-17(8-5-11-23-20)22(26)25(21)15-6-4-7-16(13-15)27-2/h4-13,21,24H,1-3H3/t21-/m0/s1. The average molecular weight is 375 g/mol. The van der Waals surface area contributed by atoms with Crippen LogP contribution in [0.25, 0.3) is 0 Å². The molecule has 1 atom stereocenters. The highest BCUT2D eigenvalue weighted by Crippen LogP contribution is 2.39. The van der Waals surface area contributed by atoms with Crippen molar-refractivity contribution < 1.29 is 14.3 Å². The molecule has 0 fully saturated rings. The molecule has 0 aliphatic carbocycles. The van der Waals surface area contributed by atoms with E-state index in [1.807, 2.05) is 49.4 Å². The molecule has 1 aromatic heterocycles. The Bertz CT molecular complexity index is 1040. The fourth-order valence-corrected chi connectivity index (χ4v) is 3.43. The average Bonchev–Trinajstić information content (AvgIpc) is 3.00. The van der Waals surface area contributed by atoms with Crippen LogP contribution in [0.3, 0.4) is 0 Å². The zero-order valence-electron chi connectivity index (χ0n) is 16.0. The summed E-state index contributed by atoms with van der Waals surface area (Å²) >= 11 is 0. The molecule has 0 unspecified atom stereocenters. The number of fused-ring (bicyclic) bond motifs is 1. The van der Waals surface area contributed by atoms with Crippen molar-refractivity contribution >= 4 is 17.3 Å². The van der Waals surface area contributed by atoms with Gasteiger partial charge < -0.3 is 14.8 Å². The van der Waals surface area contributed by atoms with Crippen molar-refractivity contribution in [3.05, 3.63) is 77.6 Å². The minimum atomic E-state index is -0.466. The van der Waals surface area contributed by atoms with Gasteiger partial charge in [-0.2, -0.15) is 0 Å². The number of hydrogen-bond acceptors (Lipinski definition) is 5. The number of aryl methyl sites for hydroxylation is 1. The van der Waals surface area contributed by atoms with Crippen LogP contribution in [0.1, 0.15) is 27.8 Å². The molecule has 0 bridgehead atoms. The van der Waals surface area contributed by atoms with Crippen LogP contribution >= 0.6 is 0 Å². The van der Waals surface area contributed by atoms with E-state index in [2.05, 4.69) is 10.3 Å². The Hall–Kier alpha value is -3.54. The maximum Gasteiger partial charge on any atom is 0.262 e. The van der Waals surface area contributed by atoms with Gasteiger partial charge in [0, 0.05) is 12.3 Å². The van der Waals surface area contributed by atoms with Crippen molar-refractivity contribution in [3.8, 4) is 11.5 Å². The van der Waals surface area contributed by atoms with Gasteiger partial charge in [0.25, 0.3) is 5.91 Å². The van der Waals surface area contributed by atoms with Crippen molar-refractivity contribution in [2.45, 2.75) is 13.1 Å². The van der Waals surface area contributed by atoms with Gasteiger partial charge in [-0.15, -0.1) is 0 Å². The normalized spacial score (nSPS) is 15.3. The molecule has 2 aromatic carbocycles. The smallest absolute Gasteiger partial charge is 0.262 e. The maximum atomic E-state index is 13.2. The minimum absolute atomic E-state index is 0.111. The van der Waals surface area contributed by atoms with E-state index in [1.165, 1.54) is 0 Å². The number of nitrogens with zero attached hydrogens (tertiary/aromatic N) is 2. The lowest BCUT2D eigenvalue weighted by Gasteiger charge is -2.27. The number of aromatic nitrogens is 1. The Balaban J connectivity index is 1.81. The highest BCUT2D eigenvalue weighted by atomic mass is 16.5. The number of amides is 1. The number of ether oxygens (including phenoxy) is 2. The number of methoxy groups -OCH3 is 2. The molecule has 142 valence electrons. The van der Waals surface area contributed by atoms with Crippen LogP contribution in [0.4, 0.5) is 11.4 Å². The molecule has 4 rings (SSSR count). The largest absolute Gasteiger partial charge is 0.497 e. The first-order valence-electron chi connectivity index (χ1n) is 8.96. The summed E-state index contributed by atoms with van der Waals surface area (Å²) in [5, 5.41) is 3.45. The summed E-state index contributed by atoms with van der Waals surface area (Å²) in [4.78, 5) is 19.4. The van der Waals surface area contributed by atoms with Crippen LogP contribution in [0, 0.1) is 6.92 Å². The highest BCUT2D eigenvalue weighted by molar-refractivity contribution is 6.11. The van der Waals surface area contributed by atoms with E-state index in [-0.39, 0.29) is 5.91 Å². The quantitative estimate of drug-likeness (QED) is 0.725. The van der Waals surface area contributed by atoms with Crippen molar-refractivity contribution in [2.75, 3.05) is 24.4 Å². The lowest BCUT2D eigenvalue weighted by molar-refractivity contribution is 0.0993. The molecule has 6 heteroatoms. The third-order valence-corrected chi connectivity index (χ3v) is 4.78. The van der Waals surface area contributed by atoms with Crippen LogP contribution in [0.2, 0.25) is 0 Å². The van der Waals surface area contributed by atoms with Gasteiger partial charge in [0.05, 0.1) is 36.9 Å². The van der Waals surface area contributed by atoms with Gasteiger partial charge in [0.1, 0.15) is 11.5 Å². The van der Waals surface area contributed by atoms with Crippen molar-refractivity contribution in [3.63, 3.8) is 0 Å². The van der Waals surface area contributed by atoms with Gasteiger partial charge in [0.15, 0.2) is 6.17 Å². The second-order valence-electron chi connectivity index (χ2n) is 6.56. The summed E-state index contributed by atoms with van der Waals surface area (Å²) in [6.45, 7) is 2.01. The fraction of sp³-hybridized carbons (Fsp3) is 0.182. The Morgan fingerprint density at radius 2 is 1.89 bits per heavy atom. The summed E-state index contributed by atoms with van der Waals surface area (Å²) in [6.07, 6.45) is 1.23. The van der Waals surface area contributed by atoms with E-state index >= 15 is 0 Å². The summed E-state index contributed by atoms with van der Waals surface area (Å²) in [6, 6.07) is 16.9. The molecule has 1 amide bonds. The lowest BCUT2D eigenvalue weighted by atomic mass is 10.1. The number of rotatable bonds is 5. The SMILES string of the molecule is COc1cccc(N2C(=O)c3cccnc3[C@H]2Nc2cc(C)ccc2OC)c1. The number of carbonyl (C=O) groups is 1. The second kappa shape index (κ2) is 7.23. The van der Waals surface area contributed by atoms with E-state index in [0.29, 0.717) is 22.8 Å². The molecule has 1 aliphatic rings. The Morgan fingerprint density at radius 3 is 2.68 bits per heavy atom. The van der Waals surface area contributed by atoms with Crippen LogP contribution in [-0.2, 0) is 0 Å². The molecular weight excluding hydrogens is 354 g/mol. The zero-order valence-corrected chi connectivity index (χ0v) is 16.0. The third kappa shape index (κ3) is 3.03. The Kier molecular flexibility index (Phi) is 4.61. The fourth-order valence-electron chi connectivity index (χ4n) is 3.43. The van der Waals surface area contributed by atoms with Gasteiger partial charge >= 0.3 is 0 Å². The van der Waals surface area contributed by atoms with E-state index in [0.717, 1.165) is 16.9 Å². The van der Waals surface area contributed by atoms with Gasteiger partial charge in [0.2, 0.25) is 0 Å². The minimum Gasteiger partial charge on any atom is -0.497 e. The molecule has 1 N–H and O–H groups in total. The molecule has 1 aliphatic heterocycles. The summed E-state index contributed by atoms with van der Waals surface area (Å²) < 4.78 is 10.8. The number of nitrogens with one attached hydrogen (secondary N) is 1. The molecule has 0 saturated carbocycles. The molecular formula is C22H21N3O3. The predicted molar refractivity (Wildman–Crippen MR) is 108 cm³/mol. The highest BCUT2D eigenvalue weighted by Gasteiger charge is 2.39. The second-order valence-corrected chi connectivity index (χ2v) is 6.56. The Morgan fingerprint density at radius 1 is 1.04 bits per heavy atom. The zero-order chi connectivity index (χ0) is 19.7. The van der Waals surface area contributed by atoms with E-state index in [9.17, 15) is 4.79 Å². The number of carbonyl (C=O) groups excluding carboxylic acids is 1. The van der Waals surface area contributed by atoms with Crippen LogP contribution in [-0.4, -0.2) is 25.1 Å². The molecule has 6 nitrogen and oxygen atoms in total. The van der Waals surface area contributed by atoms with Crippen LogP contribution in [0.5, 0.6) is 11.5 Å². The Labute approximate surface area is 163 Å². The summed E-state index contributed by atoms with van der Waals surface area (Å²) in [5.74, 6) is 1.27. The van der Waals surface area contributed by atoms with Gasteiger partial charge in [-0.3, -0.25) is 14.7 Å². The van der Waals surface area contributed by atoms with E-state index in [4.69, 9.17) is 9.47 Å². The molecule has 2 heterocycles. The first-order chi connectivity index (χ1) is 13.6. The van der Waals surface area contributed by atoms with Crippen molar-refractivity contribution in [2.24, 2.45) is 0 Å². The van der Waals surface area contributed by atoms with Gasteiger partial charge in [-0.1, -0.05) is 12.1 Å².